The van der Waals surface area contributed by atoms with Gasteiger partial charge in [-0.1, -0.05) is 0 Å². The second kappa shape index (κ2) is 7.46. The van der Waals surface area contributed by atoms with E-state index in [9.17, 15) is 4.79 Å². The minimum Gasteiger partial charge on any atom is -0.481 e. The molecule has 0 aliphatic rings. The Balaban J connectivity index is 1.88. The predicted molar refractivity (Wildman–Crippen MR) is 82.9 cm³/mol. The Morgan fingerprint density at radius 2 is 2.23 bits per heavy atom. The first-order valence-electron chi connectivity index (χ1n) is 6.85. The number of carbonyl (C=O) groups excluding carboxylic acids is 1. The van der Waals surface area contributed by atoms with Crippen LogP contribution in [0.3, 0.4) is 0 Å². The number of ether oxygens (including phenoxy) is 1. The van der Waals surface area contributed by atoms with Gasteiger partial charge in [-0.15, -0.1) is 0 Å². The van der Waals surface area contributed by atoms with Crippen LogP contribution >= 0.6 is 0 Å². The molecule has 2 N–H and O–H groups in total. The van der Waals surface area contributed by atoms with Crippen molar-refractivity contribution in [2.45, 2.75) is 6.04 Å². The number of likely N-dealkylation sites (N-methyl/N-ethyl adjacent to an activating group) is 1. The molecular weight excluding hydrogens is 284 g/mol. The number of nitrogens with one attached hydrogen (secondary N) is 2. The number of rotatable bonds is 6. The molecule has 0 aromatic carbocycles. The number of nitrogens with zero attached hydrogens (tertiary/aromatic N) is 2. The van der Waals surface area contributed by atoms with Gasteiger partial charge in [-0.2, -0.15) is 0 Å². The van der Waals surface area contributed by atoms with E-state index in [0.29, 0.717) is 18.1 Å². The minimum atomic E-state index is -0.301. The first-order valence-corrected chi connectivity index (χ1v) is 6.85. The van der Waals surface area contributed by atoms with Gasteiger partial charge in [0.15, 0.2) is 0 Å². The van der Waals surface area contributed by atoms with Crippen LogP contribution in [0.1, 0.15) is 11.8 Å². The Bertz CT molecular complexity index is 581. The molecule has 0 fully saturated rings. The van der Waals surface area contributed by atoms with E-state index in [1.165, 1.54) is 13.3 Å². The number of amides is 2. The van der Waals surface area contributed by atoms with Crippen molar-refractivity contribution in [3.05, 3.63) is 42.5 Å². The van der Waals surface area contributed by atoms with Crippen LogP contribution in [0, 0.1) is 0 Å². The Labute approximate surface area is 129 Å². The Morgan fingerprint density at radius 1 is 1.41 bits per heavy atom. The zero-order chi connectivity index (χ0) is 15.9. The number of hydrogen-bond donors (Lipinski definition) is 2. The summed E-state index contributed by atoms with van der Waals surface area (Å²) >= 11 is 0. The summed E-state index contributed by atoms with van der Waals surface area (Å²) in [5, 5.41) is 5.53. The number of pyridine rings is 1. The highest BCUT2D eigenvalue weighted by molar-refractivity contribution is 5.89. The molecule has 2 aromatic heterocycles. The van der Waals surface area contributed by atoms with Gasteiger partial charge in [-0.25, -0.2) is 9.78 Å². The molecule has 1 atom stereocenters. The van der Waals surface area contributed by atoms with E-state index < -0.39 is 0 Å². The van der Waals surface area contributed by atoms with Crippen molar-refractivity contribution in [2.24, 2.45) is 0 Å². The fourth-order valence-corrected chi connectivity index (χ4v) is 1.96. The van der Waals surface area contributed by atoms with Crippen molar-refractivity contribution >= 4 is 11.7 Å². The molecular formula is C15H20N4O3. The number of anilines is 1. The molecule has 22 heavy (non-hydrogen) atoms. The van der Waals surface area contributed by atoms with Crippen LogP contribution in [0.25, 0.3) is 0 Å². The molecule has 0 saturated heterocycles. The molecule has 2 heterocycles. The molecule has 0 radical (unpaired) electrons. The monoisotopic (exact) mass is 304 g/mol. The second-order valence-electron chi connectivity index (χ2n) is 4.92. The zero-order valence-corrected chi connectivity index (χ0v) is 12.9. The summed E-state index contributed by atoms with van der Waals surface area (Å²) in [6.07, 6.45) is 3.16. The molecule has 0 saturated carbocycles. The Hall–Kier alpha value is -2.54. The molecule has 0 aliphatic heterocycles. The molecule has 7 heteroatoms. The summed E-state index contributed by atoms with van der Waals surface area (Å²) in [7, 11) is 5.40. The van der Waals surface area contributed by atoms with Crippen molar-refractivity contribution in [1.82, 2.24) is 15.2 Å². The highest BCUT2D eigenvalue weighted by Crippen LogP contribution is 2.17. The standard InChI is InChI=1S/C15H20N4O3/c1-19(2)12(13-5-4-8-22-13)10-17-15(20)18-11-6-7-14(21-3)16-9-11/h4-9,12H,10H2,1-3H3,(H2,17,18,20)/t12-/m1/s1. The molecule has 0 bridgehead atoms. The normalized spacial score (nSPS) is 12.0. The van der Waals surface area contributed by atoms with E-state index in [1.54, 1.807) is 18.4 Å². The summed E-state index contributed by atoms with van der Waals surface area (Å²) in [5.74, 6) is 1.30. The number of hydrogen-bond acceptors (Lipinski definition) is 5. The number of methoxy groups -OCH3 is 1. The van der Waals surface area contributed by atoms with Gasteiger partial charge in [0.2, 0.25) is 5.88 Å². The molecule has 0 spiro atoms. The van der Waals surface area contributed by atoms with Crippen LogP contribution in [0.2, 0.25) is 0 Å². The van der Waals surface area contributed by atoms with Crippen molar-refractivity contribution in [2.75, 3.05) is 33.1 Å². The van der Waals surface area contributed by atoms with E-state index in [2.05, 4.69) is 15.6 Å². The lowest BCUT2D eigenvalue weighted by molar-refractivity contribution is 0.233. The van der Waals surface area contributed by atoms with E-state index in [1.807, 2.05) is 31.1 Å². The van der Waals surface area contributed by atoms with Gasteiger partial charge in [0, 0.05) is 12.6 Å². The fraction of sp³-hybridized carbons (Fsp3) is 0.333. The topological polar surface area (TPSA) is 79.6 Å². The lowest BCUT2D eigenvalue weighted by Crippen LogP contribution is -2.36. The van der Waals surface area contributed by atoms with Crippen LogP contribution in [-0.4, -0.2) is 43.7 Å². The highest BCUT2D eigenvalue weighted by Gasteiger charge is 2.17. The van der Waals surface area contributed by atoms with Crippen molar-refractivity contribution in [3.8, 4) is 5.88 Å². The summed E-state index contributed by atoms with van der Waals surface area (Å²) in [6.45, 7) is 0.427. The largest absolute Gasteiger partial charge is 0.481 e. The maximum absolute atomic E-state index is 11.9. The lowest BCUT2D eigenvalue weighted by Gasteiger charge is -2.22. The van der Waals surface area contributed by atoms with Crippen LogP contribution in [0.4, 0.5) is 10.5 Å². The predicted octanol–water partition coefficient (Wildman–Crippen LogP) is 2.11. The first kappa shape index (κ1) is 15.8. The van der Waals surface area contributed by atoms with Gasteiger partial charge >= 0.3 is 6.03 Å². The van der Waals surface area contributed by atoms with E-state index in [0.717, 1.165) is 5.76 Å². The van der Waals surface area contributed by atoms with Crippen molar-refractivity contribution < 1.29 is 13.9 Å². The van der Waals surface area contributed by atoms with Crippen LogP contribution < -0.4 is 15.4 Å². The third kappa shape index (κ3) is 4.23. The van der Waals surface area contributed by atoms with Crippen LogP contribution in [-0.2, 0) is 0 Å². The second-order valence-corrected chi connectivity index (χ2v) is 4.92. The molecule has 7 nitrogen and oxygen atoms in total. The summed E-state index contributed by atoms with van der Waals surface area (Å²) in [4.78, 5) is 17.9. The summed E-state index contributed by atoms with van der Waals surface area (Å²) in [6, 6.07) is 6.79. The lowest BCUT2D eigenvalue weighted by atomic mass is 10.2. The molecule has 2 aromatic rings. The molecule has 0 aliphatic carbocycles. The van der Waals surface area contributed by atoms with E-state index >= 15 is 0 Å². The third-order valence-corrected chi connectivity index (χ3v) is 3.15. The Morgan fingerprint density at radius 3 is 2.77 bits per heavy atom. The van der Waals surface area contributed by atoms with Crippen molar-refractivity contribution in [1.29, 1.82) is 0 Å². The highest BCUT2D eigenvalue weighted by atomic mass is 16.5. The molecule has 0 unspecified atom stereocenters. The zero-order valence-electron chi connectivity index (χ0n) is 12.9. The minimum absolute atomic E-state index is 0.0326. The van der Waals surface area contributed by atoms with E-state index in [-0.39, 0.29) is 12.1 Å². The van der Waals surface area contributed by atoms with Crippen LogP contribution in [0.5, 0.6) is 5.88 Å². The molecule has 2 amide bonds. The first-order chi connectivity index (χ1) is 10.6. The number of furan rings is 1. The fourth-order valence-electron chi connectivity index (χ4n) is 1.96. The Kier molecular flexibility index (Phi) is 5.37. The van der Waals surface area contributed by atoms with Crippen molar-refractivity contribution in [3.63, 3.8) is 0 Å². The number of urea groups is 1. The van der Waals surface area contributed by atoms with Gasteiger partial charge in [-0.05, 0) is 32.3 Å². The smallest absolute Gasteiger partial charge is 0.319 e. The van der Waals surface area contributed by atoms with E-state index in [4.69, 9.17) is 9.15 Å². The average Bonchev–Trinajstić information content (AvgIpc) is 3.02. The number of carbonyl (C=O) groups is 1. The maximum atomic E-state index is 11.9. The van der Waals surface area contributed by atoms with Gasteiger partial charge in [0.05, 0.1) is 31.3 Å². The average molecular weight is 304 g/mol. The van der Waals surface area contributed by atoms with Gasteiger partial charge in [0.1, 0.15) is 5.76 Å². The SMILES string of the molecule is COc1ccc(NC(=O)NC[C@H](c2ccco2)N(C)C)cn1. The third-order valence-electron chi connectivity index (χ3n) is 3.15. The molecule has 118 valence electrons. The maximum Gasteiger partial charge on any atom is 0.319 e. The summed E-state index contributed by atoms with van der Waals surface area (Å²) in [5.41, 5.74) is 0.595. The van der Waals surface area contributed by atoms with Crippen LogP contribution in [0.15, 0.2) is 41.1 Å². The quantitative estimate of drug-likeness (QED) is 0.854. The number of aromatic nitrogens is 1. The molecule has 2 rings (SSSR count). The van der Waals surface area contributed by atoms with Gasteiger partial charge in [0.25, 0.3) is 0 Å². The van der Waals surface area contributed by atoms with Gasteiger partial charge in [-0.3, -0.25) is 4.90 Å². The summed E-state index contributed by atoms with van der Waals surface area (Å²) < 4.78 is 10.4. The van der Waals surface area contributed by atoms with Gasteiger partial charge < -0.3 is 19.8 Å².